The van der Waals surface area contributed by atoms with E-state index in [4.69, 9.17) is 0 Å². The number of rotatable bonds is 4. The van der Waals surface area contributed by atoms with Gasteiger partial charge in [-0.25, -0.2) is 4.98 Å². The molecule has 0 spiro atoms. The second-order valence-corrected chi connectivity index (χ2v) is 6.27. The predicted octanol–water partition coefficient (Wildman–Crippen LogP) is 2.61. The fourth-order valence-electron chi connectivity index (χ4n) is 2.72. The first kappa shape index (κ1) is 12.8. The van der Waals surface area contributed by atoms with Gasteiger partial charge in [-0.15, -0.1) is 11.3 Å². The van der Waals surface area contributed by atoms with E-state index in [0.29, 0.717) is 6.04 Å². The molecule has 0 bridgehead atoms. The largest absolute Gasteiger partial charge is 0.303 e. The summed E-state index contributed by atoms with van der Waals surface area (Å²) < 4.78 is 2.02. The van der Waals surface area contributed by atoms with Gasteiger partial charge in [0, 0.05) is 42.0 Å². The summed E-state index contributed by atoms with van der Waals surface area (Å²) in [4.78, 5) is 5.83. The van der Waals surface area contributed by atoms with Gasteiger partial charge in [-0.05, 0) is 25.7 Å². The Labute approximate surface area is 117 Å². The zero-order valence-electron chi connectivity index (χ0n) is 11.5. The normalized spacial score (nSPS) is 18.5. The van der Waals surface area contributed by atoms with Crippen LogP contribution in [0.5, 0.6) is 0 Å². The van der Waals surface area contributed by atoms with Crippen molar-refractivity contribution < 1.29 is 0 Å². The van der Waals surface area contributed by atoms with E-state index >= 15 is 0 Å². The summed E-state index contributed by atoms with van der Waals surface area (Å²) in [5.41, 5.74) is 2.76. The molecule has 0 amide bonds. The molecule has 1 N–H and O–H groups in total. The van der Waals surface area contributed by atoms with Gasteiger partial charge < -0.3 is 5.32 Å². The monoisotopic (exact) mass is 276 g/mol. The number of nitrogens with one attached hydrogen (secondary N) is 1. The van der Waals surface area contributed by atoms with Crippen molar-refractivity contribution in [3.8, 4) is 0 Å². The molecule has 0 saturated carbocycles. The van der Waals surface area contributed by atoms with Crippen molar-refractivity contribution in [1.29, 1.82) is 0 Å². The Kier molecular flexibility index (Phi) is 3.66. The van der Waals surface area contributed by atoms with Crippen molar-refractivity contribution in [2.45, 2.75) is 45.2 Å². The molecule has 0 aliphatic heterocycles. The topological polar surface area (TPSA) is 42.7 Å². The second kappa shape index (κ2) is 5.43. The fraction of sp³-hybridized carbons (Fsp3) is 0.571. The highest BCUT2D eigenvalue weighted by Crippen LogP contribution is 2.29. The minimum atomic E-state index is 0.437. The van der Waals surface area contributed by atoms with E-state index in [1.807, 2.05) is 35.5 Å². The first-order chi connectivity index (χ1) is 9.28. The molecule has 1 atom stereocenters. The highest BCUT2D eigenvalue weighted by Gasteiger charge is 2.23. The molecule has 102 valence electrons. The minimum absolute atomic E-state index is 0.437. The number of aromatic nitrogens is 3. The first-order valence-electron chi connectivity index (χ1n) is 6.95. The van der Waals surface area contributed by atoms with Crippen LogP contribution in [0.15, 0.2) is 12.4 Å². The van der Waals surface area contributed by atoms with Gasteiger partial charge in [-0.2, -0.15) is 5.10 Å². The van der Waals surface area contributed by atoms with Gasteiger partial charge in [0.2, 0.25) is 0 Å². The molecule has 0 radical (unpaired) electrons. The summed E-state index contributed by atoms with van der Waals surface area (Å²) in [6.07, 6.45) is 8.69. The van der Waals surface area contributed by atoms with Crippen LogP contribution in [0.25, 0.3) is 0 Å². The molecule has 2 heterocycles. The summed E-state index contributed by atoms with van der Waals surface area (Å²) in [7, 11) is 2.04. The Morgan fingerprint density at radius 1 is 1.47 bits per heavy atom. The fourth-order valence-corrected chi connectivity index (χ4v) is 3.54. The van der Waals surface area contributed by atoms with E-state index in [-0.39, 0.29) is 0 Å². The maximum absolute atomic E-state index is 4.47. The van der Waals surface area contributed by atoms with Gasteiger partial charge in [-0.1, -0.05) is 6.92 Å². The summed E-state index contributed by atoms with van der Waals surface area (Å²) >= 11 is 1.81. The highest BCUT2D eigenvalue weighted by molar-refractivity contribution is 7.11. The summed E-state index contributed by atoms with van der Waals surface area (Å²) in [6.45, 7) is 3.04. The van der Waals surface area contributed by atoms with Crippen molar-refractivity contribution in [2.75, 3.05) is 0 Å². The Hall–Kier alpha value is -1.20. The zero-order chi connectivity index (χ0) is 13.2. The van der Waals surface area contributed by atoms with E-state index in [2.05, 4.69) is 22.3 Å². The molecule has 2 aromatic heterocycles. The van der Waals surface area contributed by atoms with E-state index in [1.165, 1.54) is 34.0 Å². The minimum Gasteiger partial charge on any atom is -0.303 e. The van der Waals surface area contributed by atoms with Crippen LogP contribution >= 0.6 is 11.3 Å². The molecule has 0 saturated heterocycles. The van der Waals surface area contributed by atoms with Crippen LogP contribution in [0.3, 0.4) is 0 Å². The lowest BCUT2D eigenvalue weighted by atomic mass is 9.93. The summed E-state index contributed by atoms with van der Waals surface area (Å²) in [5, 5.41) is 9.21. The molecule has 1 aliphatic rings. The van der Waals surface area contributed by atoms with Crippen LogP contribution in [0.4, 0.5) is 0 Å². The number of aryl methyl sites for hydroxylation is 2. The van der Waals surface area contributed by atoms with Crippen molar-refractivity contribution in [2.24, 2.45) is 7.05 Å². The highest BCUT2D eigenvalue weighted by atomic mass is 32.1. The van der Waals surface area contributed by atoms with Crippen LogP contribution in [-0.2, 0) is 26.4 Å². The average molecular weight is 276 g/mol. The Morgan fingerprint density at radius 2 is 2.37 bits per heavy atom. The maximum Gasteiger partial charge on any atom is 0.107 e. The average Bonchev–Trinajstić information content (AvgIpc) is 3.04. The van der Waals surface area contributed by atoms with Crippen LogP contribution in [0, 0.1) is 0 Å². The molecule has 1 unspecified atom stereocenters. The van der Waals surface area contributed by atoms with E-state index in [0.717, 1.165) is 19.4 Å². The van der Waals surface area contributed by atoms with Crippen LogP contribution < -0.4 is 5.32 Å². The van der Waals surface area contributed by atoms with Gasteiger partial charge in [0.1, 0.15) is 5.01 Å². The summed E-state index contributed by atoms with van der Waals surface area (Å²) in [6, 6.07) is 0.437. The lowest BCUT2D eigenvalue weighted by molar-refractivity contribution is 0.451. The molecule has 19 heavy (non-hydrogen) atoms. The van der Waals surface area contributed by atoms with E-state index in [1.54, 1.807) is 0 Å². The third-order valence-electron chi connectivity index (χ3n) is 3.83. The molecule has 4 nitrogen and oxygen atoms in total. The third kappa shape index (κ3) is 2.58. The van der Waals surface area contributed by atoms with Crippen LogP contribution in [-0.4, -0.2) is 14.8 Å². The lowest BCUT2D eigenvalue weighted by Crippen LogP contribution is -2.24. The molecule has 5 heteroatoms. The molecule has 3 rings (SSSR count). The Balaban J connectivity index is 1.67. The van der Waals surface area contributed by atoms with Crippen molar-refractivity contribution in [1.82, 2.24) is 20.1 Å². The molecular weight excluding hydrogens is 256 g/mol. The molecule has 0 aromatic carbocycles. The number of hydrogen-bond donors (Lipinski definition) is 1. The van der Waals surface area contributed by atoms with Gasteiger partial charge >= 0.3 is 0 Å². The van der Waals surface area contributed by atoms with Gasteiger partial charge in [0.05, 0.1) is 6.20 Å². The van der Waals surface area contributed by atoms with E-state index < -0.39 is 0 Å². The molecule has 0 fully saturated rings. The number of nitrogens with zero attached hydrogens (tertiary/aromatic N) is 3. The maximum atomic E-state index is 4.47. The third-order valence-corrected chi connectivity index (χ3v) is 4.97. The first-order valence-corrected chi connectivity index (χ1v) is 7.77. The molecule has 2 aromatic rings. The summed E-state index contributed by atoms with van der Waals surface area (Å²) in [5.74, 6) is 0. The van der Waals surface area contributed by atoms with E-state index in [9.17, 15) is 0 Å². The molecule has 1 aliphatic carbocycles. The zero-order valence-corrected chi connectivity index (χ0v) is 12.3. The van der Waals surface area contributed by atoms with Crippen LogP contribution in [0.1, 0.15) is 46.9 Å². The number of hydrogen-bond acceptors (Lipinski definition) is 4. The van der Waals surface area contributed by atoms with Gasteiger partial charge in [-0.3, -0.25) is 4.68 Å². The molecular formula is C14H20N4S. The van der Waals surface area contributed by atoms with Crippen molar-refractivity contribution in [3.63, 3.8) is 0 Å². The van der Waals surface area contributed by atoms with Gasteiger partial charge in [0.15, 0.2) is 0 Å². The number of fused-ring (bicyclic) bond motifs is 1. The Morgan fingerprint density at radius 3 is 3.16 bits per heavy atom. The Bertz CT molecular complexity index is 558. The quantitative estimate of drug-likeness (QED) is 0.933. The van der Waals surface area contributed by atoms with Crippen molar-refractivity contribution >= 4 is 11.3 Å². The van der Waals surface area contributed by atoms with Crippen molar-refractivity contribution in [3.05, 3.63) is 33.5 Å². The SMILES string of the molecule is CCc1cnc(CNC2CCCc3c2cnn3C)s1. The lowest BCUT2D eigenvalue weighted by Gasteiger charge is -2.23. The standard InChI is InChI=1S/C14H20N4S/c1-3-10-7-16-14(19-10)9-15-12-5-4-6-13-11(12)8-17-18(13)2/h7-8,12,15H,3-6,9H2,1-2H3. The second-order valence-electron chi connectivity index (χ2n) is 5.07. The smallest absolute Gasteiger partial charge is 0.107 e. The van der Waals surface area contributed by atoms with Crippen LogP contribution in [0.2, 0.25) is 0 Å². The predicted molar refractivity (Wildman–Crippen MR) is 77.2 cm³/mol. The number of thiazole rings is 1. The van der Waals surface area contributed by atoms with Gasteiger partial charge in [0.25, 0.3) is 0 Å².